The van der Waals surface area contributed by atoms with Crippen LogP contribution in [0, 0.1) is 34.5 Å². The number of benzene rings is 2. The van der Waals surface area contributed by atoms with E-state index >= 15 is 0 Å². The van der Waals surface area contributed by atoms with Crippen LogP contribution < -0.4 is 36.0 Å². The van der Waals surface area contributed by atoms with Crippen molar-refractivity contribution >= 4 is 58.9 Å². The largest absolute Gasteiger partial charge is 0.466 e. The van der Waals surface area contributed by atoms with Gasteiger partial charge in [-0.2, -0.15) is 36.9 Å². The molecule has 2 atom stereocenters. The lowest BCUT2D eigenvalue weighted by molar-refractivity contribution is -0.145. The predicted molar refractivity (Wildman–Crippen MR) is 338 cm³/mol. The zero-order valence-electron chi connectivity index (χ0n) is 53.3. The molecule has 0 radical (unpaired) electrons. The molecule has 2 aromatic heterocycles. The first-order valence-electron chi connectivity index (χ1n) is 32.2. The Morgan fingerprint density at radius 3 is 1.40 bits per heavy atom. The van der Waals surface area contributed by atoms with Crippen molar-refractivity contribution in [2.45, 2.75) is 154 Å². The molecule has 2 aromatic carbocycles. The number of nitrogens with two attached hydrogens (primary N) is 1. The summed E-state index contributed by atoms with van der Waals surface area (Å²) in [5, 5.41) is 23.3. The molecule has 0 unspecified atom stereocenters. The number of nitriles is 2. The lowest BCUT2D eigenvalue weighted by Gasteiger charge is -2.34. The third-order valence-corrected chi connectivity index (χ3v) is 16.7. The third kappa shape index (κ3) is 24.0. The number of halogens is 6. The van der Waals surface area contributed by atoms with Crippen molar-refractivity contribution in [2.24, 2.45) is 22.6 Å². The van der Waals surface area contributed by atoms with E-state index in [2.05, 4.69) is 52.4 Å². The minimum atomic E-state index is -4.74. The van der Waals surface area contributed by atoms with Crippen molar-refractivity contribution in [1.82, 2.24) is 30.6 Å². The second-order valence-corrected chi connectivity index (χ2v) is 23.3. The van der Waals surface area contributed by atoms with E-state index in [0.29, 0.717) is 140 Å². The smallest absolute Gasteiger partial charge is 0.451 e. The standard InChI is InChI=1S/C33H42F3N7O4.C27H33F3N6O.C6H9NO3/c1-2-47-30(45)13-17-39-32(46)38-16-12-24-14-19-42(20-15-24)28-21-29(41-31(40-28)33(34,35)36)43-18-4-6-26(43)27(44)7-3-5-23-8-10-25(22-37)11-9-23;28-27(29,30)26-33-24(35-15-11-20(10-13-31)12-16-35)17-25(34-26)36-14-2-4-22(36)23(37)5-1-3-19-6-8-21(18-32)9-7-19;1-2-10-6(9)3-4-7-5-8/h8-11,21,24,26H,2-7,12-20H2,1H3,(H2,38,39,46);6-9,17,20,22H,1-5,10-16,31H2;2-4H2,1H3/t26-;22-;/m00./s1. The van der Waals surface area contributed by atoms with Gasteiger partial charge in [-0.1, -0.05) is 24.3 Å². The molecule has 2 amide bonds. The number of ketones is 2. The van der Waals surface area contributed by atoms with E-state index in [1.54, 1.807) is 60.0 Å². The monoisotopic (exact) mass is 1310 g/mol. The fourth-order valence-corrected chi connectivity index (χ4v) is 11.8. The van der Waals surface area contributed by atoms with Gasteiger partial charge in [0, 0.05) is 77.3 Å². The molecule has 4 aromatic rings. The highest BCUT2D eigenvalue weighted by Gasteiger charge is 2.41. The number of carbonyl (C=O) groups is 5. The van der Waals surface area contributed by atoms with Crippen molar-refractivity contribution in [3.05, 3.63) is 94.6 Å². The summed E-state index contributed by atoms with van der Waals surface area (Å²) in [6.07, 6.45) is 2.72. The summed E-state index contributed by atoms with van der Waals surface area (Å²) in [6, 6.07) is 20.4. The maximum absolute atomic E-state index is 13.9. The van der Waals surface area contributed by atoms with Gasteiger partial charge in [0.05, 0.1) is 67.9 Å². The number of ether oxygens (including phenoxy) is 2. The van der Waals surface area contributed by atoms with Gasteiger partial charge in [0.15, 0.2) is 11.6 Å². The number of hydrogen-bond acceptors (Lipinski definition) is 20. The van der Waals surface area contributed by atoms with E-state index in [1.807, 2.05) is 34.1 Å². The molecule has 22 nitrogen and oxygen atoms in total. The highest BCUT2D eigenvalue weighted by molar-refractivity contribution is 5.88. The lowest BCUT2D eigenvalue weighted by atomic mass is 9.93. The van der Waals surface area contributed by atoms with Crippen molar-refractivity contribution < 1.29 is 64.6 Å². The molecule has 8 rings (SSSR count). The summed E-state index contributed by atoms with van der Waals surface area (Å²) in [4.78, 5) is 95.6. The van der Waals surface area contributed by atoms with Crippen LogP contribution in [0.3, 0.4) is 0 Å². The van der Waals surface area contributed by atoms with Crippen LogP contribution in [0.15, 0.2) is 65.7 Å². The number of nitrogens with zero attached hydrogens (tertiary/aromatic N) is 11. The minimum absolute atomic E-state index is 0.0162. The van der Waals surface area contributed by atoms with Crippen LogP contribution in [0.2, 0.25) is 0 Å². The Bertz CT molecular complexity index is 3230. The number of isocyanates is 1. The SMILES string of the molecule is CCOC(=O)CCN=C=O.CCOC(=O)CCNC(=O)NCCC1CCN(c2cc(N3CCC[C@H]3C(=O)CCCc3ccc(C#N)cc3)nc(C(F)(F)F)n2)CC1.N#Cc1ccc(CCCC(=O)[C@@H]2CCCN2c2cc(N3CCC(CCN)CC3)nc(C(F)(F)F)n2)cc1. The van der Waals surface area contributed by atoms with Gasteiger partial charge in [-0.05, 0) is 158 Å². The Morgan fingerprint density at radius 1 is 0.585 bits per heavy atom. The first-order chi connectivity index (χ1) is 45.2. The molecule has 0 bridgehead atoms. The minimum Gasteiger partial charge on any atom is -0.466 e. The summed E-state index contributed by atoms with van der Waals surface area (Å²) in [5.74, 6) is -1.59. The number of esters is 2. The maximum Gasteiger partial charge on any atom is 0.451 e. The molecular weight excluding hydrogens is 1230 g/mol. The normalized spacial score (nSPS) is 16.7. The summed E-state index contributed by atoms with van der Waals surface area (Å²) >= 11 is 0. The second-order valence-electron chi connectivity index (χ2n) is 23.3. The van der Waals surface area contributed by atoms with Gasteiger partial charge < -0.3 is 45.4 Å². The van der Waals surface area contributed by atoms with Crippen LogP contribution in [0.1, 0.15) is 150 Å². The van der Waals surface area contributed by atoms with Gasteiger partial charge in [0.2, 0.25) is 17.7 Å². The maximum atomic E-state index is 13.9. The van der Waals surface area contributed by atoms with Gasteiger partial charge in [0.25, 0.3) is 0 Å². The van der Waals surface area contributed by atoms with E-state index in [-0.39, 0.29) is 91.3 Å². The van der Waals surface area contributed by atoms with Crippen molar-refractivity contribution in [3.8, 4) is 12.1 Å². The number of nitrogens with one attached hydrogen (secondary N) is 2. The molecule has 508 valence electrons. The summed E-state index contributed by atoms with van der Waals surface area (Å²) < 4.78 is 92.4. The Kier molecular flexibility index (Phi) is 29.9. The number of hydrogen-bond donors (Lipinski definition) is 3. The summed E-state index contributed by atoms with van der Waals surface area (Å²) in [5.41, 5.74) is 8.88. The molecule has 4 fully saturated rings. The van der Waals surface area contributed by atoms with E-state index in [4.69, 9.17) is 21.0 Å². The van der Waals surface area contributed by atoms with Crippen LogP contribution >= 0.6 is 0 Å². The molecule has 0 saturated carbocycles. The zero-order chi connectivity index (χ0) is 68.0. The first kappa shape index (κ1) is 74.3. The van der Waals surface area contributed by atoms with E-state index in [9.17, 15) is 55.1 Å². The van der Waals surface area contributed by atoms with Crippen LogP contribution in [-0.4, -0.2) is 146 Å². The zero-order valence-corrected chi connectivity index (χ0v) is 53.3. The molecule has 0 spiro atoms. The Morgan fingerprint density at radius 2 is 1.00 bits per heavy atom. The van der Waals surface area contributed by atoms with Gasteiger partial charge in [0.1, 0.15) is 23.3 Å². The highest BCUT2D eigenvalue weighted by atomic mass is 19.4. The van der Waals surface area contributed by atoms with E-state index in [0.717, 1.165) is 49.7 Å². The topological polar surface area (TPSA) is 295 Å². The molecule has 0 aliphatic carbocycles. The average Bonchev–Trinajstić information content (AvgIpc) is 1.36. The average molecular weight is 1320 g/mol. The fraction of sp³-hybridized carbons (Fsp3) is 0.576. The van der Waals surface area contributed by atoms with Gasteiger partial charge in [-0.3, -0.25) is 19.2 Å². The molecule has 6 heterocycles. The number of alkyl halides is 6. The van der Waals surface area contributed by atoms with Gasteiger partial charge >= 0.3 is 30.3 Å². The number of aryl methyl sites for hydroxylation is 2. The van der Waals surface area contributed by atoms with Crippen LogP contribution in [0.5, 0.6) is 0 Å². The van der Waals surface area contributed by atoms with Gasteiger partial charge in [-0.15, -0.1) is 0 Å². The summed E-state index contributed by atoms with van der Waals surface area (Å²) in [7, 11) is 0. The molecule has 94 heavy (non-hydrogen) atoms. The van der Waals surface area contributed by atoms with Crippen LogP contribution in [0.25, 0.3) is 0 Å². The Hall–Kier alpha value is -8.75. The number of amides is 2. The van der Waals surface area contributed by atoms with Gasteiger partial charge in [-0.25, -0.2) is 34.5 Å². The molecule has 4 aliphatic heterocycles. The Balaban J connectivity index is 0.000000265. The number of aromatic nitrogens is 4. The van der Waals surface area contributed by atoms with Crippen LogP contribution in [0.4, 0.5) is 54.4 Å². The molecular formula is C66H84F6N14O8. The number of aliphatic imine (C=N–C) groups is 1. The molecule has 4 N–H and O–H groups in total. The number of urea groups is 1. The first-order valence-corrected chi connectivity index (χ1v) is 32.2. The Labute approximate surface area is 544 Å². The molecule has 28 heteroatoms. The predicted octanol–water partition coefficient (Wildman–Crippen LogP) is 9.56. The fourth-order valence-electron chi connectivity index (χ4n) is 11.8. The number of carbonyl (C=O) groups excluding carboxylic acids is 6. The lowest BCUT2D eigenvalue weighted by Crippen LogP contribution is -2.40. The van der Waals surface area contributed by atoms with E-state index in [1.165, 1.54) is 6.08 Å². The summed E-state index contributed by atoms with van der Waals surface area (Å²) in [6.45, 7) is 8.64. The molecule has 4 aliphatic rings. The van der Waals surface area contributed by atoms with Crippen molar-refractivity contribution in [2.75, 3.05) is 98.3 Å². The number of rotatable bonds is 27. The number of anilines is 4. The number of Topliss-reactive ketones (excluding diaryl/α,β-unsaturated/α-hetero) is 2. The third-order valence-electron chi connectivity index (χ3n) is 16.7. The molecule has 4 saturated heterocycles. The van der Waals surface area contributed by atoms with Crippen LogP contribution in [-0.2, 0) is 58.6 Å². The second kappa shape index (κ2) is 37.8. The van der Waals surface area contributed by atoms with Crippen molar-refractivity contribution in [1.29, 1.82) is 10.5 Å². The highest BCUT2D eigenvalue weighted by Crippen LogP contribution is 2.37. The number of piperidine rings is 2. The van der Waals surface area contributed by atoms with Crippen molar-refractivity contribution in [3.63, 3.8) is 0 Å². The quantitative estimate of drug-likeness (QED) is 0.0217. The van der Waals surface area contributed by atoms with E-state index < -0.39 is 36.1 Å².